The van der Waals surface area contributed by atoms with E-state index in [4.69, 9.17) is 4.42 Å². The van der Waals surface area contributed by atoms with E-state index in [1.807, 2.05) is 36.1 Å². The maximum Gasteiger partial charge on any atom is 0.277 e. The van der Waals surface area contributed by atoms with Crippen molar-refractivity contribution in [3.05, 3.63) is 29.8 Å². The van der Waals surface area contributed by atoms with Gasteiger partial charge in [0, 0.05) is 18.7 Å². The summed E-state index contributed by atoms with van der Waals surface area (Å²) >= 11 is 1.30. The summed E-state index contributed by atoms with van der Waals surface area (Å²) in [5, 5.41) is 8.60. The molecule has 0 saturated carbocycles. The quantitative estimate of drug-likeness (QED) is 0.657. The van der Waals surface area contributed by atoms with E-state index >= 15 is 0 Å². The fourth-order valence-electron chi connectivity index (χ4n) is 2.56. The second-order valence-electron chi connectivity index (χ2n) is 7.06. The Morgan fingerprint density at radius 2 is 1.76 bits per heavy atom. The van der Waals surface area contributed by atoms with Crippen molar-refractivity contribution in [2.24, 2.45) is 11.8 Å². The van der Waals surface area contributed by atoms with Gasteiger partial charge in [0.2, 0.25) is 11.8 Å². The molecule has 0 aliphatic heterocycles. The second-order valence-corrected chi connectivity index (χ2v) is 7.99. The number of aromatic nitrogens is 2. The molecule has 0 saturated heterocycles. The monoisotopic (exact) mass is 361 g/mol. The summed E-state index contributed by atoms with van der Waals surface area (Å²) in [6.07, 6.45) is 0. The Hall–Kier alpha value is -1.82. The zero-order valence-electron chi connectivity index (χ0n) is 15.7. The number of carbonyl (C=O) groups excluding carboxylic acids is 1. The molecular weight excluding hydrogens is 334 g/mol. The molecule has 6 heteroatoms. The fourth-order valence-corrected chi connectivity index (χ4v) is 3.23. The van der Waals surface area contributed by atoms with Crippen LogP contribution in [0, 0.1) is 18.8 Å². The van der Waals surface area contributed by atoms with Gasteiger partial charge in [-0.25, -0.2) is 0 Å². The van der Waals surface area contributed by atoms with Crippen molar-refractivity contribution >= 4 is 17.7 Å². The lowest BCUT2D eigenvalue weighted by Gasteiger charge is -2.26. The molecule has 0 fully saturated rings. The molecule has 0 N–H and O–H groups in total. The number of carbonyl (C=O) groups is 1. The molecule has 1 amide bonds. The summed E-state index contributed by atoms with van der Waals surface area (Å²) in [6, 6.07) is 7.88. The summed E-state index contributed by atoms with van der Waals surface area (Å²) in [7, 11) is 0. The van der Waals surface area contributed by atoms with Crippen LogP contribution in [-0.2, 0) is 4.79 Å². The molecule has 5 nitrogen and oxygen atoms in total. The summed E-state index contributed by atoms with van der Waals surface area (Å²) in [5.74, 6) is 1.82. The first-order chi connectivity index (χ1) is 11.9. The summed E-state index contributed by atoms with van der Waals surface area (Å²) in [4.78, 5) is 14.5. The lowest BCUT2D eigenvalue weighted by atomic mass is 10.1. The third-order valence-electron chi connectivity index (χ3n) is 3.62. The zero-order chi connectivity index (χ0) is 18.4. The van der Waals surface area contributed by atoms with Crippen LogP contribution < -0.4 is 0 Å². The van der Waals surface area contributed by atoms with Crippen molar-refractivity contribution in [1.82, 2.24) is 15.1 Å². The average molecular weight is 362 g/mol. The van der Waals surface area contributed by atoms with Crippen LogP contribution in [0.15, 0.2) is 33.9 Å². The van der Waals surface area contributed by atoms with Crippen molar-refractivity contribution in [2.75, 3.05) is 18.8 Å². The highest BCUT2D eigenvalue weighted by atomic mass is 32.2. The van der Waals surface area contributed by atoms with Crippen molar-refractivity contribution in [3.8, 4) is 11.5 Å². The van der Waals surface area contributed by atoms with Gasteiger partial charge in [-0.05, 0) is 30.4 Å². The van der Waals surface area contributed by atoms with Crippen LogP contribution >= 0.6 is 11.8 Å². The first kappa shape index (κ1) is 19.5. The number of hydrogen-bond donors (Lipinski definition) is 0. The molecule has 1 heterocycles. The van der Waals surface area contributed by atoms with Crippen LogP contribution in [-0.4, -0.2) is 39.8 Å². The maximum absolute atomic E-state index is 12.5. The van der Waals surface area contributed by atoms with E-state index in [2.05, 4.69) is 37.9 Å². The Morgan fingerprint density at radius 3 is 2.36 bits per heavy atom. The highest BCUT2D eigenvalue weighted by molar-refractivity contribution is 7.99. The van der Waals surface area contributed by atoms with E-state index in [0.29, 0.717) is 28.7 Å². The Balaban J connectivity index is 1.98. The number of aryl methyl sites for hydroxylation is 1. The van der Waals surface area contributed by atoms with E-state index in [1.54, 1.807) is 0 Å². The number of amides is 1. The molecule has 0 radical (unpaired) electrons. The molecule has 0 spiro atoms. The van der Waals surface area contributed by atoms with Gasteiger partial charge in [0.1, 0.15) is 0 Å². The lowest BCUT2D eigenvalue weighted by Crippen LogP contribution is -2.38. The Labute approximate surface area is 154 Å². The van der Waals surface area contributed by atoms with Crippen LogP contribution in [0.25, 0.3) is 11.5 Å². The average Bonchev–Trinajstić information content (AvgIpc) is 3.00. The van der Waals surface area contributed by atoms with Gasteiger partial charge in [0.25, 0.3) is 5.22 Å². The van der Waals surface area contributed by atoms with Gasteiger partial charge in [0.05, 0.1) is 5.75 Å². The molecule has 1 aromatic heterocycles. The number of rotatable bonds is 8. The predicted molar refractivity (Wildman–Crippen MR) is 101 cm³/mol. The predicted octanol–water partition coefficient (Wildman–Crippen LogP) is 4.28. The van der Waals surface area contributed by atoms with E-state index in [0.717, 1.165) is 24.2 Å². The topological polar surface area (TPSA) is 59.2 Å². The van der Waals surface area contributed by atoms with Gasteiger partial charge >= 0.3 is 0 Å². The van der Waals surface area contributed by atoms with Crippen LogP contribution in [0.3, 0.4) is 0 Å². The largest absolute Gasteiger partial charge is 0.411 e. The number of nitrogens with zero attached hydrogens (tertiary/aromatic N) is 3. The SMILES string of the molecule is Cc1ccccc1-c1nnc(SCC(=O)N(CC(C)C)CC(C)C)o1. The van der Waals surface area contributed by atoms with Crippen molar-refractivity contribution in [1.29, 1.82) is 0 Å². The highest BCUT2D eigenvalue weighted by Crippen LogP contribution is 2.25. The van der Waals surface area contributed by atoms with Crippen LogP contribution in [0.5, 0.6) is 0 Å². The first-order valence-electron chi connectivity index (χ1n) is 8.67. The zero-order valence-corrected chi connectivity index (χ0v) is 16.5. The number of benzene rings is 1. The van der Waals surface area contributed by atoms with Crippen LogP contribution in [0.4, 0.5) is 0 Å². The number of thioether (sulfide) groups is 1. The van der Waals surface area contributed by atoms with E-state index in [-0.39, 0.29) is 5.91 Å². The molecule has 25 heavy (non-hydrogen) atoms. The maximum atomic E-state index is 12.5. The van der Waals surface area contributed by atoms with Crippen LogP contribution in [0.2, 0.25) is 0 Å². The Morgan fingerprint density at radius 1 is 1.12 bits per heavy atom. The summed E-state index contributed by atoms with van der Waals surface area (Å²) in [5.41, 5.74) is 2.01. The van der Waals surface area contributed by atoms with Crippen LogP contribution in [0.1, 0.15) is 33.3 Å². The van der Waals surface area contributed by atoms with Gasteiger partial charge in [-0.15, -0.1) is 10.2 Å². The summed E-state index contributed by atoms with van der Waals surface area (Å²) < 4.78 is 5.71. The molecule has 0 atom stereocenters. The number of hydrogen-bond acceptors (Lipinski definition) is 5. The molecule has 2 rings (SSSR count). The third-order valence-corrected chi connectivity index (χ3v) is 4.43. The molecule has 0 aliphatic carbocycles. The van der Waals surface area contributed by atoms with E-state index in [1.165, 1.54) is 11.8 Å². The third kappa shape index (κ3) is 5.88. The molecule has 0 bridgehead atoms. The smallest absolute Gasteiger partial charge is 0.277 e. The van der Waals surface area contributed by atoms with Crippen molar-refractivity contribution < 1.29 is 9.21 Å². The minimum Gasteiger partial charge on any atom is -0.411 e. The molecular formula is C19H27N3O2S. The molecule has 136 valence electrons. The minimum atomic E-state index is 0.114. The van der Waals surface area contributed by atoms with Gasteiger partial charge in [-0.3, -0.25) is 4.79 Å². The summed E-state index contributed by atoms with van der Waals surface area (Å²) in [6.45, 7) is 12.1. The normalized spacial score (nSPS) is 11.3. The second kappa shape index (κ2) is 9.04. The fraction of sp³-hybridized carbons (Fsp3) is 0.526. The first-order valence-corrected chi connectivity index (χ1v) is 9.65. The molecule has 2 aromatic rings. The lowest BCUT2D eigenvalue weighted by molar-refractivity contribution is -0.129. The van der Waals surface area contributed by atoms with Gasteiger partial charge in [-0.1, -0.05) is 57.7 Å². The van der Waals surface area contributed by atoms with Gasteiger partial charge < -0.3 is 9.32 Å². The van der Waals surface area contributed by atoms with Gasteiger partial charge in [-0.2, -0.15) is 0 Å². The highest BCUT2D eigenvalue weighted by Gasteiger charge is 2.18. The standard InChI is InChI=1S/C19H27N3O2S/c1-13(2)10-22(11-14(3)4)17(23)12-25-19-21-20-18(24-19)16-9-7-6-8-15(16)5/h6-9,13-14H,10-12H2,1-5H3. The molecule has 0 aliphatic rings. The molecule has 1 aromatic carbocycles. The molecule has 0 unspecified atom stereocenters. The van der Waals surface area contributed by atoms with E-state index in [9.17, 15) is 4.79 Å². The van der Waals surface area contributed by atoms with Crippen molar-refractivity contribution in [2.45, 2.75) is 39.8 Å². The van der Waals surface area contributed by atoms with Gasteiger partial charge in [0.15, 0.2) is 0 Å². The van der Waals surface area contributed by atoms with E-state index < -0.39 is 0 Å². The minimum absolute atomic E-state index is 0.114. The Bertz CT molecular complexity index is 687. The Kier molecular flexibility index (Phi) is 7.05. The van der Waals surface area contributed by atoms with Crippen molar-refractivity contribution in [3.63, 3.8) is 0 Å².